The van der Waals surface area contributed by atoms with Crippen LogP contribution in [0.3, 0.4) is 0 Å². The summed E-state index contributed by atoms with van der Waals surface area (Å²) in [5.74, 6) is -0.133. The van der Waals surface area contributed by atoms with Gasteiger partial charge in [-0.1, -0.05) is 0 Å². The maximum absolute atomic E-state index is 12.7. The van der Waals surface area contributed by atoms with Gasteiger partial charge in [0.15, 0.2) is 6.10 Å². The van der Waals surface area contributed by atoms with E-state index in [-0.39, 0.29) is 16.7 Å². The van der Waals surface area contributed by atoms with Crippen LogP contribution in [0.15, 0.2) is 35.5 Å². The fraction of sp³-hybridized carbons (Fsp3) is 0.368. The summed E-state index contributed by atoms with van der Waals surface area (Å²) in [4.78, 5) is 25.1. The van der Waals surface area contributed by atoms with E-state index >= 15 is 0 Å². The van der Waals surface area contributed by atoms with Gasteiger partial charge in [0.1, 0.15) is 16.8 Å². The highest BCUT2D eigenvalue weighted by Crippen LogP contribution is 2.27. The van der Waals surface area contributed by atoms with Gasteiger partial charge in [-0.3, -0.25) is 9.78 Å². The van der Waals surface area contributed by atoms with E-state index in [1.165, 1.54) is 30.2 Å². The minimum atomic E-state index is -4.82. The van der Waals surface area contributed by atoms with E-state index in [0.717, 1.165) is 0 Å². The van der Waals surface area contributed by atoms with Crippen LogP contribution in [0.4, 0.5) is 19.0 Å². The number of pyridine rings is 2. The molecule has 0 radical (unpaired) electrons. The molecule has 0 spiro atoms. The second-order valence-electron chi connectivity index (χ2n) is 7.34. The van der Waals surface area contributed by atoms with Crippen molar-refractivity contribution in [2.45, 2.75) is 31.7 Å². The van der Waals surface area contributed by atoms with Crippen LogP contribution in [0.2, 0.25) is 0 Å². The molecule has 0 aliphatic rings. The third kappa shape index (κ3) is 4.41. The Balaban J connectivity index is 2.09. The number of rotatable bonds is 5. The Kier molecular flexibility index (Phi) is 5.52. The Morgan fingerprint density at radius 2 is 1.93 bits per heavy atom. The normalized spacial score (nSPS) is 13.5. The first-order valence-corrected chi connectivity index (χ1v) is 8.92. The second kappa shape index (κ2) is 7.65. The molecule has 3 heterocycles. The van der Waals surface area contributed by atoms with Crippen LogP contribution in [0.1, 0.15) is 19.5 Å². The predicted octanol–water partition coefficient (Wildman–Crippen LogP) is 1.95. The largest absolute Gasteiger partial charge is 0.416 e. The number of aliphatic hydroxyl groups excluding tert-OH is 1. The number of fused-ring (bicyclic) bond motifs is 1. The third-order valence-electron chi connectivity index (χ3n) is 4.43. The van der Waals surface area contributed by atoms with Crippen molar-refractivity contribution in [1.29, 1.82) is 0 Å². The van der Waals surface area contributed by atoms with Gasteiger partial charge < -0.3 is 20.1 Å². The maximum atomic E-state index is 12.7. The van der Waals surface area contributed by atoms with Crippen molar-refractivity contribution in [3.63, 3.8) is 0 Å². The van der Waals surface area contributed by atoms with E-state index < -0.39 is 30.0 Å². The summed E-state index contributed by atoms with van der Waals surface area (Å²) >= 11 is 0. The fourth-order valence-electron chi connectivity index (χ4n) is 2.71. The van der Waals surface area contributed by atoms with Gasteiger partial charge in [0, 0.05) is 18.8 Å². The van der Waals surface area contributed by atoms with Gasteiger partial charge in [-0.25, -0.2) is 9.97 Å². The van der Waals surface area contributed by atoms with Gasteiger partial charge in [-0.15, -0.1) is 0 Å². The Morgan fingerprint density at radius 3 is 2.50 bits per heavy atom. The monoisotopic (exact) mass is 423 g/mol. The Bertz CT molecular complexity index is 1120. The summed E-state index contributed by atoms with van der Waals surface area (Å²) in [5, 5.41) is 21.7. The minimum Gasteiger partial charge on any atom is -0.384 e. The van der Waals surface area contributed by atoms with Gasteiger partial charge >= 0.3 is 6.18 Å². The van der Waals surface area contributed by atoms with Crippen LogP contribution in [0, 0.1) is 0 Å². The first-order valence-electron chi connectivity index (χ1n) is 8.92. The third-order valence-corrected chi connectivity index (χ3v) is 4.43. The topological polar surface area (TPSA) is 113 Å². The van der Waals surface area contributed by atoms with Crippen molar-refractivity contribution >= 4 is 16.7 Å². The molecule has 0 bridgehead atoms. The molecule has 1 atom stereocenters. The Morgan fingerprint density at radius 1 is 1.23 bits per heavy atom. The molecule has 0 aromatic carbocycles. The molecule has 3 N–H and O–H groups in total. The number of aliphatic hydroxyl groups is 2. The van der Waals surface area contributed by atoms with Crippen molar-refractivity contribution in [2.75, 3.05) is 11.9 Å². The second-order valence-corrected chi connectivity index (χ2v) is 7.34. The number of hydrogen-bond acceptors (Lipinski definition) is 7. The zero-order valence-electron chi connectivity index (χ0n) is 16.4. The molecular formula is C19H20F3N5O3. The van der Waals surface area contributed by atoms with Crippen LogP contribution in [-0.4, -0.2) is 48.6 Å². The smallest absolute Gasteiger partial charge is 0.384 e. The average molecular weight is 423 g/mol. The lowest BCUT2D eigenvalue weighted by Gasteiger charge is -2.18. The summed E-state index contributed by atoms with van der Waals surface area (Å²) in [7, 11) is 1.45. The molecule has 0 saturated heterocycles. The highest BCUT2D eigenvalue weighted by molar-refractivity contribution is 5.91. The zero-order chi connectivity index (χ0) is 22.3. The molecule has 0 aliphatic heterocycles. The first-order chi connectivity index (χ1) is 13.9. The molecule has 0 amide bonds. The minimum absolute atomic E-state index is 0.000745. The summed E-state index contributed by atoms with van der Waals surface area (Å²) in [5.41, 5.74) is -0.194. The van der Waals surface area contributed by atoms with Crippen molar-refractivity contribution in [3.05, 3.63) is 46.8 Å². The molecule has 3 aromatic heterocycles. The predicted molar refractivity (Wildman–Crippen MR) is 104 cm³/mol. The number of aromatic nitrogens is 4. The van der Waals surface area contributed by atoms with Gasteiger partial charge in [-0.05, 0) is 32.0 Å². The first kappa shape index (κ1) is 21.7. The maximum Gasteiger partial charge on any atom is 0.416 e. The van der Waals surface area contributed by atoms with Gasteiger partial charge in [0.05, 0.1) is 29.8 Å². The highest BCUT2D eigenvalue weighted by atomic mass is 19.4. The standard InChI is InChI=1S/C19H20F3N5O3/c1-18(2,30)13-5-4-10(7-23-13)11-6-12-15(17(29)27(3)9-25-12)16(26-11)24-8-14(28)19(20,21)22/h4-7,9,14,28,30H,8H2,1-3H3,(H,24,26)/t14-/m1/s1. The van der Waals surface area contributed by atoms with Crippen molar-refractivity contribution < 1.29 is 23.4 Å². The molecule has 0 fully saturated rings. The molecule has 8 nitrogen and oxygen atoms in total. The zero-order valence-corrected chi connectivity index (χ0v) is 16.4. The van der Waals surface area contributed by atoms with Crippen molar-refractivity contribution in [1.82, 2.24) is 19.5 Å². The van der Waals surface area contributed by atoms with Gasteiger partial charge in [0.2, 0.25) is 0 Å². The SMILES string of the molecule is Cn1cnc2cc(-c3ccc(C(C)(C)O)nc3)nc(NC[C@@H](O)C(F)(F)F)c2c1=O. The molecular weight excluding hydrogens is 403 g/mol. The lowest BCUT2D eigenvalue weighted by Crippen LogP contribution is -2.35. The Labute approximate surface area is 169 Å². The molecule has 30 heavy (non-hydrogen) atoms. The van der Waals surface area contributed by atoms with Crippen LogP contribution >= 0.6 is 0 Å². The van der Waals surface area contributed by atoms with Crippen molar-refractivity contribution in [2.24, 2.45) is 7.05 Å². The lowest BCUT2D eigenvalue weighted by molar-refractivity contribution is -0.198. The molecule has 0 aliphatic carbocycles. The number of halogens is 3. The quantitative estimate of drug-likeness (QED) is 0.575. The number of nitrogens with zero attached hydrogens (tertiary/aromatic N) is 4. The van der Waals surface area contributed by atoms with Gasteiger partial charge in [0.25, 0.3) is 5.56 Å². The molecule has 0 unspecified atom stereocenters. The van der Waals surface area contributed by atoms with Crippen LogP contribution in [-0.2, 0) is 12.6 Å². The van der Waals surface area contributed by atoms with E-state index in [1.807, 2.05) is 0 Å². The molecule has 160 valence electrons. The molecule has 11 heteroatoms. The molecule has 3 rings (SSSR count). The summed E-state index contributed by atoms with van der Waals surface area (Å²) in [6.45, 7) is 2.27. The number of alkyl halides is 3. The fourth-order valence-corrected chi connectivity index (χ4v) is 2.71. The van der Waals surface area contributed by atoms with E-state index in [1.54, 1.807) is 26.0 Å². The number of aryl methyl sites for hydroxylation is 1. The van der Waals surface area contributed by atoms with E-state index in [9.17, 15) is 28.2 Å². The number of nitrogens with one attached hydrogen (secondary N) is 1. The van der Waals surface area contributed by atoms with Crippen LogP contribution < -0.4 is 10.9 Å². The molecule has 3 aromatic rings. The van der Waals surface area contributed by atoms with Crippen LogP contribution in [0.5, 0.6) is 0 Å². The average Bonchev–Trinajstić information content (AvgIpc) is 2.67. The number of anilines is 1. The summed E-state index contributed by atoms with van der Waals surface area (Å²) in [6, 6.07) is 4.76. The van der Waals surface area contributed by atoms with Crippen molar-refractivity contribution in [3.8, 4) is 11.3 Å². The highest BCUT2D eigenvalue weighted by Gasteiger charge is 2.38. The van der Waals surface area contributed by atoms with E-state index in [4.69, 9.17) is 0 Å². The lowest BCUT2D eigenvalue weighted by atomic mass is 10.0. The van der Waals surface area contributed by atoms with Gasteiger partial charge in [-0.2, -0.15) is 13.2 Å². The van der Waals surface area contributed by atoms with E-state index in [2.05, 4.69) is 20.3 Å². The molecule has 0 saturated carbocycles. The summed E-state index contributed by atoms with van der Waals surface area (Å²) < 4.78 is 39.2. The number of hydrogen-bond donors (Lipinski definition) is 3. The van der Waals surface area contributed by atoms with E-state index in [0.29, 0.717) is 17.0 Å². The van der Waals surface area contributed by atoms with Crippen LogP contribution in [0.25, 0.3) is 22.2 Å². The Hall–Kier alpha value is -3.05. The summed E-state index contributed by atoms with van der Waals surface area (Å²) in [6.07, 6.45) is -4.71.